The molecule has 0 heterocycles. The molecular weight excluding hydrogens is 120 g/mol. The van der Waals surface area contributed by atoms with Gasteiger partial charge in [0.1, 0.15) is 0 Å². The van der Waals surface area contributed by atoms with E-state index in [9.17, 15) is 0 Å². The predicted molar refractivity (Wildman–Crippen MR) is 43.9 cm³/mol. The quantitative estimate of drug-likeness (QED) is 0.558. The van der Waals surface area contributed by atoms with Crippen LogP contribution in [-0.4, -0.2) is 0 Å². The van der Waals surface area contributed by atoms with Gasteiger partial charge in [0.25, 0.3) is 0 Å². The maximum absolute atomic E-state index is 2.32. The van der Waals surface area contributed by atoms with Crippen molar-refractivity contribution in [3.05, 3.63) is 0 Å². The van der Waals surface area contributed by atoms with Crippen molar-refractivity contribution < 1.29 is 0 Å². The molecule has 2 fully saturated rings. The molecule has 0 nitrogen and oxygen atoms in total. The molecule has 0 N–H and O–H groups in total. The minimum absolute atomic E-state index is 0.914. The van der Waals surface area contributed by atoms with E-state index >= 15 is 0 Å². The van der Waals surface area contributed by atoms with Gasteiger partial charge in [-0.1, -0.05) is 26.7 Å². The molecule has 0 saturated heterocycles. The van der Waals surface area contributed by atoms with Crippen molar-refractivity contribution in [2.45, 2.75) is 52.4 Å². The Morgan fingerprint density at radius 3 is 1.60 bits per heavy atom. The van der Waals surface area contributed by atoms with Gasteiger partial charge in [-0.3, -0.25) is 0 Å². The van der Waals surface area contributed by atoms with Crippen molar-refractivity contribution in [2.24, 2.45) is 10.8 Å². The van der Waals surface area contributed by atoms with Gasteiger partial charge in [0.2, 0.25) is 0 Å². The van der Waals surface area contributed by atoms with E-state index in [0.29, 0.717) is 0 Å². The Kier molecular flexibility index (Phi) is 1.19. The largest absolute Gasteiger partial charge is 0.0654 e. The van der Waals surface area contributed by atoms with Crippen LogP contribution in [0.4, 0.5) is 0 Å². The maximum Gasteiger partial charge on any atom is -0.0230 e. The summed E-state index contributed by atoms with van der Waals surface area (Å²) in [5.74, 6) is 0. The third kappa shape index (κ3) is 0.627. The van der Waals surface area contributed by atoms with E-state index in [1.54, 1.807) is 12.8 Å². The van der Waals surface area contributed by atoms with E-state index in [1.807, 2.05) is 0 Å². The van der Waals surface area contributed by atoms with E-state index in [1.165, 1.54) is 25.7 Å². The molecule has 0 radical (unpaired) electrons. The molecule has 0 unspecified atom stereocenters. The highest BCUT2D eigenvalue weighted by Crippen LogP contribution is 2.89. The van der Waals surface area contributed by atoms with Crippen LogP contribution in [0.15, 0.2) is 0 Å². The topological polar surface area (TPSA) is 0 Å². The zero-order chi connectivity index (χ0) is 7.24. The first kappa shape index (κ1) is 6.69. The average Bonchev–Trinajstić information content (AvgIpc) is 2.55. The van der Waals surface area contributed by atoms with Crippen LogP contribution in [0.5, 0.6) is 0 Å². The van der Waals surface area contributed by atoms with Gasteiger partial charge in [0.05, 0.1) is 0 Å². The Labute approximate surface area is 64.0 Å². The number of rotatable bonds is 4. The Balaban J connectivity index is 1.84. The van der Waals surface area contributed by atoms with Gasteiger partial charge in [-0.15, -0.1) is 0 Å². The van der Waals surface area contributed by atoms with Crippen LogP contribution in [0.2, 0.25) is 0 Å². The van der Waals surface area contributed by atoms with Gasteiger partial charge in [0.15, 0.2) is 0 Å². The van der Waals surface area contributed by atoms with Crippen LogP contribution >= 0.6 is 0 Å². The minimum Gasteiger partial charge on any atom is -0.0654 e. The fourth-order valence-electron chi connectivity index (χ4n) is 3.00. The summed E-state index contributed by atoms with van der Waals surface area (Å²) in [6, 6.07) is 0. The summed E-state index contributed by atoms with van der Waals surface area (Å²) in [6.45, 7) is 4.64. The third-order valence-electron chi connectivity index (χ3n) is 3.69. The van der Waals surface area contributed by atoms with Crippen LogP contribution in [0.1, 0.15) is 52.4 Å². The molecule has 0 aromatic carbocycles. The summed E-state index contributed by atoms with van der Waals surface area (Å²) in [4.78, 5) is 0. The van der Waals surface area contributed by atoms with E-state index in [2.05, 4.69) is 13.8 Å². The third-order valence-corrected chi connectivity index (χ3v) is 3.69. The number of fused-ring (bicyclic) bond motifs is 1. The van der Waals surface area contributed by atoms with Crippen molar-refractivity contribution >= 4 is 0 Å². The summed E-state index contributed by atoms with van der Waals surface area (Å²) in [5.41, 5.74) is 1.83. The van der Waals surface area contributed by atoms with E-state index in [-0.39, 0.29) is 0 Å². The zero-order valence-corrected chi connectivity index (χ0v) is 7.24. The molecule has 0 aromatic rings. The van der Waals surface area contributed by atoms with Gasteiger partial charge >= 0.3 is 0 Å². The highest BCUT2D eigenvalue weighted by atomic mass is 14.8. The van der Waals surface area contributed by atoms with Crippen LogP contribution in [-0.2, 0) is 0 Å². The fourth-order valence-corrected chi connectivity index (χ4v) is 3.00. The van der Waals surface area contributed by atoms with Crippen molar-refractivity contribution in [3.63, 3.8) is 0 Å². The highest BCUT2D eigenvalue weighted by molar-refractivity contribution is 5.29. The van der Waals surface area contributed by atoms with Gasteiger partial charge in [-0.05, 0) is 36.5 Å². The zero-order valence-electron chi connectivity index (χ0n) is 7.24. The molecule has 2 aliphatic carbocycles. The van der Waals surface area contributed by atoms with Crippen molar-refractivity contribution in [3.8, 4) is 0 Å². The Morgan fingerprint density at radius 2 is 1.30 bits per heavy atom. The van der Waals surface area contributed by atoms with Crippen LogP contribution in [0.3, 0.4) is 0 Å². The Bertz CT molecular complexity index is 124. The second-order valence-electron chi connectivity index (χ2n) is 4.41. The molecule has 0 aliphatic heterocycles. The lowest BCUT2D eigenvalue weighted by Crippen LogP contribution is -1.82. The molecule has 2 rings (SSSR count). The smallest absolute Gasteiger partial charge is 0.0230 e. The normalized spacial score (nSPS) is 48.6. The Hall–Kier alpha value is 0. The second-order valence-corrected chi connectivity index (χ2v) is 4.41. The lowest BCUT2D eigenvalue weighted by molar-refractivity contribution is 0.564. The first-order valence-corrected chi connectivity index (χ1v) is 4.79. The molecule has 0 amide bonds. The average molecular weight is 138 g/mol. The molecule has 0 heteroatoms. The SMILES string of the molecule is CCCC12CC1(CCC)C2. The molecule has 58 valence electrons. The second kappa shape index (κ2) is 1.78. The Morgan fingerprint density at radius 1 is 0.900 bits per heavy atom. The monoisotopic (exact) mass is 138 g/mol. The summed E-state index contributed by atoms with van der Waals surface area (Å²) in [5, 5.41) is 0. The molecule has 0 bridgehead atoms. The summed E-state index contributed by atoms with van der Waals surface area (Å²) >= 11 is 0. The molecule has 0 spiro atoms. The van der Waals surface area contributed by atoms with Crippen molar-refractivity contribution in [2.75, 3.05) is 0 Å². The predicted octanol–water partition coefficient (Wildman–Crippen LogP) is 3.37. The summed E-state index contributed by atoms with van der Waals surface area (Å²) in [6.07, 6.45) is 9.03. The van der Waals surface area contributed by atoms with Gasteiger partial charge in [-0.2, -0.15) is 0 Å². The van der Waals surface area contributed by atoms with Crippen LogP contribution in [0.25, 0.3) is 0 Å². The fraction of sp³-hybridized carbons (Fsp3) is 1.00. The van der Waals surface area contributed by atoms with Gasteiger partial charge in [-0.25, -0.2) is 0 Å². The first-order valence-electron chi connectivity index (χ1n) is 4.79. The van der Waals surface area contributed by atoms with Crippen LogP contribution < -0.4 is 0 Å². The van der Waals surface area contributed by atoms with Crippen molar-refractivity contribution in [1.82, 2.24) is 0 Å². The lowest BCUT2D eigenvalue weighted by Gasteiger charge is -1.96. The molecular formula is C10H18. The lowest BCUT2D eigenvalue weighted by atomic mass is 10.1. The molecule has 10 heavy (non-hydrogen) atoms. The summed E-state index contributed by atoms with van der Waals surface area (Å²) < 4.78 is 0. The maximum atomic E-state index is 2.32. The molecule has 2 aliphatic rings. The summed E-state index contributed by atoms with van der Waals surface area (Å²) in [7, 11) is 0. The highest BCUT2D eigenvalue weighted by Gasteiger charge is 2.80. The molecule has 0 aromatic heterocycles. The molecule has 2 saturated carbocycles. The minimum atomic E-state index is 0.914. The van der Waals surface area contributed by atoms with E-state index < -0.39 is 0 Å². The van der Waals surface area contributed by atoms with E-state index in [4.69, 9.17) is 0 Å². The standard InChI is InChI=1S/C10H18/c1-3-5-9-7-10(9,8-9)6-4-2/h3-8H2,1-2H3. The molecule has 0 atom stereocenters. The number of hydrogen-bond acceptors (Lipinski definition) is 0. The van der Waals surface area contributed by atoms with Crippen LogP contribution in [0, 0.1) is 10.8 Å². The van der Waals surface area contributed by atoms with E-state index in [0.717, 1.165) is 10.8 Å². The first-order chi connectivity index (χ1) is 4.79. The van der Waals surface area contributed by atoms with Crippen molar-refractivity contribution in [1.29, 1.82) is 0 Å². The number of hydrogen-bond donors (Lipinski definition) is 0. The van der Waals surface area contributed by atoms with Gasteiger partial charge in [0, 0.05) is 0 Å². The van der Waals surface area contributed by atoms with Gasteiger partial charge < -0.3 is 0 Å².